The van der Waals surface area contributed by atoms with Crippen LogP contribution in [0.15, 0.2) is 0 Å². The molecule has 1 heterocycles. The Bertz CT molecular complexity index is 117. The van der Waals surface area contributed by atoms with Crippen LogP contribution in [0.4, 0.5) is 0 Å². The van der Waals surface area contributed by atoms with E-state index in [4.69, 9.17) is 0 Å². The lowest BCUT2D eigenvalue weighted by atomic mass is 10.0. The van der Waals surface area contributed by atoms with Crippen LogP contribution in [-0.4, -0.2) is 19.6 Å². The minimum absolute atomic E-state index is 0. The lowest BCUT2D eigenvalue weighted by Gasteiger charge is -2.12. The Labute approximate surface area is 81.9 Å². The van der Waals surface area contributed by atoms with E-state index >= 15 is 0 Å². The lowest BCUT2D eigenvalue weighted by Crippen LogP contribution is -3.10. The molecule has 2 atom stereocenters. The van der Waals surface area contributed by atoms with Gasteiger partial charge < -0.3 is 9.60 Å². The second kappa shape index (κ2) is 7.31. The van der Waals surface area contributed by atoms with Gasteiger partial charge in [-0.05, 0) is 12.8 Å². The maximum Gasteiger partial charge on any atom is 0.0801 e. The highest BCUT2D eigenvalue weighted by Gasteiger charge is 2.24. The summed E-state index contributed by atoms with van der Waals surface area (Å²) in [5.74, 6) is 1.06. The molecule has 0 radical (unpaired) electrons. The lowest BCUT2D eigenvalue weighted by molar-refractivity contribution is -0.889. The second-order valence-corrected chi connectivity index (χ2v) is 4.25. The van der Waals surface area contributed by atoms with Crippen LogP contribution < -0.4 is 9.60 Å². The topological polar surface area (TPSA) is 4.44 Å². The molecule has 2 heteroatoms. The first-order valence-corrected chi connectivity index (χ1v) is 5.70. The normalized spacial score (nSPS) is 27.2. The Morgan fingerprint density at radius 2 is 2.00 bits per heavy atom. The summed E-state index contributed by atoms with van der Waals surface area (Å²) in [5, 5.41) is 0. The zero-order valence-electron chi connectivity index (χ0n) is 9.11. The van der Waals surface area contributed by atoms with Crippen molar-refractivity contribution in [3.05, 3.63) is 0 Å². The van der Waals surface area contributed by atoms with Crippen molar-refractivity contribution in [3.8, 4) is 0 Å². The van der Waals surface area contributed by atoms with Crippen molar-refractivity contribution >= 4 is 0 Å². The molecule has 0 amide bonds. The molecule has 1 fully saturated rings. The van der Waals surface area contributed by atoms with E-state index < -0.39 is 0 Å². The van der Waals surface area contributed by atoms with Crippen LogP contribution in [0.25, 0.3) is 0 Å². The number of hydrogen-bond acceptors (Lipinski definition) is 0. The van der Waals surface area contributed by atoms with Gasteiger partial charge in [-0.1, -0.05) is 26.7 Å². The van der Waals surface area contributed by atoms with Crippen LogP contribution in [0, 0.1) is 5.92 Å². The fraction of sp³-hybridized carbons (Fsp3) is 1.00. The van der Waals surface area contributed by atoms with Gasteiger partial charge >= 0.3 is 0 Å². The maximum atomic E-state index is 2.31. The van der Waals surface area contributed by atoms with Crippen molar-refractivity contribution < 1.29 is 9.60 Å². The maximum absolute atomic E-state index is 2.31. The Kier molecular flexibility index (Phi) is 7.25. The quantitative estimate of drug-likeness (QED) is 0.537. The average molecular weight is 189 g/mol. The molecule has 0 aliphatic carbocycles. The first-order chi connectivity index (χ1) is 5.86. The predicted molar refractivity (Wildman–Crippen MR) is 53.5 cm³/mol. The summed E-state index contributed by atoms with van der Waals surface area (Å²) in [7, 11) is 0. The summed E-state index contributed by atoms with van der Waals surface area (Å²) in [6.07, 6.45) is 7.13. The monoisotopic (exact) mass is 189 g/mol. The number of likely N-dealkylation sites (tertiary alicyclic amines) is 1. The Hall–Kier alpha value is -0.110. The molecule has 0 saturated carbocycles. The SMILES string of the molecule is CCCC[NH+]1CCC(CCC)C1.[F-]. The van der Waals surface area contributed by atoms with E-state index in [1.54, 1.807) is 0 Å². The van der Waals surface area contributed by atoms with E-state index in [1.807, 2.05) is 4.90 Å². The van der Waals surface area contributed by atoms with Gasteiger partial charge in [0.15, 0.2) is 0 Å². The highest BCUT2D eigenvalue weighted by molar-refractivity contribution is 4.61. The summed E-state index contributed by atoms with van der Waals surface area (Å²) < 4.78 is 0. The molecular weight excluding hydrogens is 165 g/mol. The molecule has 2 unspecified atom stereocenters. The minimum Gasteiger partial charge on any atom is -1.00 e. The smallest absolute Gasteiger partial charge is 0.0801 e. The molecule has 1 aliphatic heterocycles. The van der Waals surface area contributed by atoms with E-state index in [-0.39, 0.29) is 4.70 Å². The summed E-state index contributed by atoms with van der Waals surface area (Å²) in [4.78, 5) is 1.87. The Balaban J connectivity index is 0.00000144. The summed E-state index contributed by atoms with van der Waals surface area (Å²) >= 11 is 0. The second-order valence-electron chi connectivity index (χ2n) is 4.25. The third kappa shape index (κ3) is 4.61. The number of halogens is 1. The molecule has 0 aromatic heterocycles. The van der Waals surface area contributed by atoms with Gasteiger partial charge in [0.05, 0.1) is 19.6 Å². The molecule has 1 saturated heterocycles. The number of nitrogens with one attached hydrogen (secondary N) is 1. The molecule has 0 aromatic rings. The fourth-order valence-electron chi connectivity index (χ4n) is 2.33. The van der Waals surface area contributed by atoms with Crippen LogP contribution >= 0.6 is 0 Å². The van der Waals surface area contributed by atoms with Crippen LogP contribution in [0.1, 0.15) is 46.0 Å². The van der Waals surface area contributed by atoms with Gasteiger partial charge in [-0.25, -0.2) is 0 Å². The van der Waals surface area contributed by atoms with Gasteiger partial charge in [-0.15, -0.1) is 0 Å². The fourth-order valence-corrected chi connectivity index (χ4v) is 2.33. The molecule has 0 spiro atoms. The van der Waals surface area contributed by atoms with E-state index in [2.05, 4.69) is 13.8 Å². The van der Waals surface area contributed by atoms with Gasteiger partial charge in [0.1, 0.15) is 0 Å². The van der Waals surface area contributed by atoms with Crippen molar-refractivity contribution in [1.82, 2.24) is 0 Å². The zero-order valence-corrected chi connectivity index (χ0v) is 9.11. The average Bonchev–Trinajstić information content (AvgIpc) is 2.50. The predicted octanol–water partition coefficient (Wildman–Crippen LogP) is -1.50. The van der Waals surface area contributed by atoms with Crippen LogP contribution in [0.3, 0.4) is 0 Å². The van der Waals surface area contributed by atoms with Crippen LogP contribution in [0.5, 0.6) is 0 Å². The number of rotatable bonds is 5. The van der Waals surface area contributed by atoms with Gasteiger partial charge in [-0.3, -0.25) is 0 Å². The van der Waals surface area contributed by atoms with Crippen molar-refractivity contribution in [1.29, 1.82) is 0 Å². The van der Waals surface area contributed by atoms with E-state index in [0.29, 0.717) is 0 Å². The third-order valence-corrected chi connectivity index (χ3v) is 3.06. The minimum atomic E-state index is 0. The van der Waals surface area contributed by atoms with Crippen molar-refractivity contribution in [2.75, 3.05) is 19.6 Å². The largest absolute Gasteiger partial charge is 1.00 e. The highest BCUT2D eigenvalue weighted by Crippen LogP contribution is 2.10. The van der Waals surface area contributed by atoms with E-state index in [1.165, 1.54) is 51.7 Å². The van der Waals surface area contributed by atoms with Crippen molar-refractivity contribution in [2.45, 2.75) is 46.0 Å². The number of hydrogen-bond donors (Lipinski definition) is 1. The van der Waals surface area contributed by atoms with Gasteiger partial charge in [0.25, 0.3) is 0 Å². The van der Waals surface area contributed by atoms with E-state index in [9.17, 15) is 0 Å². The first kappa shape index (κ1) is 12.9. The Morgan fingerprint density at radius 1 is 1.23 bits per heavy atom. The molecule has 0 bridgehead atoms. The molecule has 1 aliphatic rings. The zero-order chi connectivity index (χ0) is 8.81. The van der Waals surface area contributed by atoms with Crippen molar-refractivity contribution in [2.24, 2.45) is 5.92 Å². The van der Waals surface area contributed by atoms with Gasteiger partial charge in [0.2, 0.25) is 0 Å². The molecule has 1 nitrogen and oxygen atoms in total. The molecule has 0 aromatic carbocycles. The molecule has 13 heavy (non-hydrogen) atoms. The summed E-state index contributed by atoms with van der Waals surface area (Å²) in [6, 6.07) is 0. The number of unbranched alkanes of at least 4 members (excludes halogenated alkanes) is 1. The van der Waals surface area contributed by atoms with Crippen molar-refractivity contribution in [3.63, 3.8) is 0 Å². The number of quaternary nitrogens is 1. The molecular formula is C11H24FN. The summed E-state index contributed by atoms with van der Waals surface area (Å²) in [5.41, 5.74) is 0. The molecule has 1 rings (SSSR count). The molecule has 80 valence electrons. The third-order valence-electron chi connectivity index (χ3n) is 3.06. The van der Waals surface area contributed by atoms with Gasteiger partial charge in [0, 0.05) is 12.3 Å². The van der Waals surface area contributed by atoms with Gasteiger partial charge in [-0.2, -0.15) is 0 Å². The van der Waals surface area contributed by atoms with Crippen LogP contribution in [0.2, 0.25) is 0 Å². The Morgan fingerprint density at radius 3 is 2.62 bits per heavy atom. The highest BCUT2D eigenvalue weighted by atomic mass is 19.0. The first-order valence-electron chi connectivity index (χ1n) is 5.70. The molecule has 1 N–H and O–H groups in total. The van der Waals surface area contributed by atoms with Crippen LogP contribution in [-0.2, 0) is 0 Å². The van der Waals surface area contributed by atoms with E-state index in [0.717, 1.165) is 5.92 Å². The standard InChI is InChI=1S/C11H23N.FH/c1-3-5-8-12-9-7-11(10-12)6-4-2;/h11H,3-10H2,1-2H3;1H. The summed E-state index contributed by atoms with van der Waals surface area (Å²) in [6.45, 7) is 8.94.